The van der Waals surface area contributed by atoms with E-state index in [-0.39, 0.29) is 5.88 Å². The number of aryl methyl sites for hydroxylation is 1. The van der Waals surface area contributed by atoms with Crippen LogP contribution < -0.4 is 5.32 Å². The topological polar surface area (TPSA) is 88.1 Å². The Labute approximate surface area is 167 Å². The van der Waals surface area contributed by atoms with Gasteiger partial charge in [-0.3, -0.25) is 0 Å². The van der Waals surface area contributed by atoms with Crippen molar-refractivity contribution in [3.05, 3.63) is 73.1 Å². The first-order chi connectivity index (χ1) is 13.5. The maximum atomic E-state index is 8.50. The maximum absolute atomic E-state index is 8.50. The summed E-state index contributed by atoms with van der Waals surface area (Å²) in [6.07, 6.45) is 4.73. The molecule has 3 rings (SSSR count). The number of aliphatic imine (C=N–C) groups is 1. The second-order valence-corrected chi connectivity index (χ2v) is 6.97. The van der Waals surface area contributed by atoms with Gasteiger partial charge < -0.3 is 10.1 Å². The molecule has 0 fully saturated rings. The van der Waals surface area contributed by atoms with Crippen molar-refractivity contribution in [3.8, 4) is 11.9 Å². The van der Waals surface area contributed by atoms with E-state index in [0.717, 1.165) is 26.7 Å². The summed E-state index contributed by atoms with van der Waals surface area (Å²) in [5.41, 5.74) is 2.96. The van der Waals surface area contributed by atoms with Crippen LogP contribution in [0.4, 0.5) is 5.69 Å². The van der Waals surface area contributed by atoms with Gasteiger partial charge in [0, 0.05) is 15.5 Å². The maximum Gasteiger partial charge on any atom is 0.293 e. The lowest BCUT2D eigenvalue weighted by molar-refractivity contribution is 0.373. The molecule has 0 spiro atoms. The van der Waals surface area contributed by atoms with E-state index >= 15 is 0 Å². The fraction of sp³-hybridized carbons (Fsp3) is 0.100. The molecular weight excluding hydrogens is 372 g/mol. The highest BCUT2D eigenvalue weighted by molar-refractivity contribution is 7.99. The van der Waals surface area contributed by atoms with Gasteiger partial charge in [-0.1, -0.05) is 17.8 Å². The Hall–Kier alpha value is -3.57. The van der Waals surface area contributed by atoms with Gasteiger partial charge >= 0.3 is 0 Å². The van der Waals surface area contributed by atoms with Crippen LogP contribution >= 0.6 is 11.8 Å². The Morgan fingerprint density at radius 2 is 2.00 bits per heavy atom. The normalized spacial score (nSPS) is 11.0. The molecule has 0 bridgehead atoms. The predicted octanol–water partition coefficient (Wildman–Crippen LogP) is 4.53. The zero-order valence-electron chi connectivity index (χ0n) is 15.5. The molecule has 2 aromatic carbocycles. The second-order valence-electron chi connectivity index (χ2n) is 5.82. The number of nitrogens with zero attached hydrogens (tertiary/aromatic N) is 5. The molecule has 0 unspecified atom stereocenters. The molecule has 0 saturated carbocycles. The quantitative estimate of drug-likeness (QED) is 0.288. The van der Waals surface area contributed by atoms with Gasteiger partial charge in [0.15, 0.2) is 0 Å². The lowest BCUT2D eigenvalue weighted by Gasteiger charge is -2.11. The second kappa shape index (κ2) is 8.88. The van der Waals surface area contributed by atoms with Gasteiger partial charge in [0.05, 0.1) is 5.69 Å². The predicted molar refractivity (Wildman–Crippen MR) is 109 cm³/mol. The summed E-state index contributed by atoms with van der Waals surface area (Å²) in [4.78, 5) is 10.3. The SMILES string of the molecule is C=C(N=C(C)Nc1cc(Sc2ccc(-n3cncn3)cc2)ccc1C)OC#N. The number of hydrogen-bond acceptors (Lipinski definition) is 6. The molecule has 3 aromatic rings. The molecule has 0 atom stereocenters. The third-order valence-corrected chi connectivity index (χ3v) is 4.73. The zero-order chi connectivity index (χ0) is 19.9. The van der Waals surface area contributed by atoms with Crippen LogP contribution in [0.2, 0.25) is 0 Å². The largest absolute Gasteiger partial charge is 0.368 e. The summed E-state index contributed by atoms with van der Waals surface area (Å²) in [5, 5.41) is 15.8. The first kappa shape index (κ1) is 19.2. The van der Waals surface area contributed by atoms with Crippen molar-refractivity contribution < 1.29 is 4.74 Å². The lowest BCUT2D eigenvalue weighted by Crippen LogP contribution is -2.09. The van der Waals surface area contributed by atoms with Gasteiger partial charge in [0.2, 0.25) is 5.88 Å². The Morgan fingerprint density at radius 1 is 1.25 bits per heavy atom. The number of rotatable bonds is 6. The zero-order valence-corrected chi connectivity index (χ0v) is 16.3. The number of aromatic nitrogens is 3. The molecule has 7 nitrogen and oxygen atoms in total. The van der Waals surface area contributed by atoms with Crippen LogP contribution in [-0.4, -0.2) is 20.6 Å². The third-order valence-electron chi connectivity index (χ3n) is 3.74. The van der Waals surface area contributed by atoms with Crippen molar-refractivity contribution in [2.45, 2.75) is 23.6 Å². The van der Waals surface area contributed by atoms with E-state index < -0.39 is 0 Å². The number of hydrogen-bond donors (Lipinski definition) is 1. The van der Waals surface area contributed by atoms with Crippen molar-refractivity contribution >= 4 is 23.3 Å². The van der Waals surface area contributed by atoms with Gasteiger partial charge in [-0.15, -0.1) is 5.26 Å². The van der Waals surface area contributed by atoms with E-state index in [1.807, 2.05) is 37.3 Å². The van der Waals surface area contributed by atoms with Crippen molar-refractivity contribution in [3.63, 3.8) is 0 Å². The minimum Gasteiger partial charge on any atom is -0.368 e. The van der Waals surface area contributed by atoms with Crippen LogP contribution in [-0.2, 0) is 4.74 Å². The van der Waals surface area contributed by atoms with Gasteiger partial charge in [-0.25, -0.2) is 14.7 Å². The van der Waals surface area contributed by atoms with E-state index in [0.29, 0.717) is 5.84 Å². The van der Waals surface area contributed by atoms with Crippen molar-refractivity contribution in [1.82, 2.24) is 14.8 Å². The summed E-state index contributed by atoms with van der Waals surface area (Å²) in [6.45, 7) is 7.36. The molecular formula is C20H18N6OS. The Morgan fingerprint density at radius 3 is 2.68 bits per heavy atom. The Balaban J connectivity index is 1.72. The van der Waals surface area contributed by atoms with Crippen LogP contribution in [0, 0.1) is 18.4 Å². The smallest absolute Gasteiger partial charge is 0.293 e. The van der Waals surface area contributed by atoms with E-state index in [9.17, 15) is 0 Å². The number of nitrogens with one attached hydrogen (secondary N) is 1. The van der Waals surface area contributed by atoms with Gasteiger partial charge in [-0.2, -0.15) is 5.10 Å². The first-order valence-electron chi connectivity index (χ1n) is 8.36. The highest BCUT2D eigenvalue weighted by atomic mass is 32.2. The minimum atomic E-state index is 0.0446. The van der Waals surface area contributed by atoms with Crippen LogP contribution in [0.15, 0.2) is 82.4 Å². The lowest BCUT2D eigenvalue weighted by atomic mass is 10.2. The molecule has 8 heteroatoms. The summed E-state index contributed by atoms with van der Waals surface area (Å²) in [5.74, 6) is 0.630. The Kier molecular flexibility index (Phi) is 6.09. The van der Waals surface area contributed by atoms with Crippen molar-refractivity contribution in [2.24, 2.45) is 4.99 Å². The van der Waals surface area contributed by atoms with Crippen LogP contribution in [0.3, 0.4) is 0 Å². The van der Waals surface area contributed by atoms with E-state index in [1.165, 1.54) is 6.33 Å². The molecule has 1 N–H and O–H groups in total. The standard InChI is InChI=1S/C20H18N6OS/c1-14-4-7-19(10-20(14)25-15(2)24-16(3)27-11-21)28-18-8-5-17(6-9-18)26-13-22-12-23-26/h4-10,12-13H,3H2,1-2H3,(H,24,25). The molecule has 140 valence electrons. The van der Waals surface area contributed by atoms with Crippen LogP contribution in [0.25, 0.3) is 5.69 Å². The molecule has 0 aliphatic heterocycles. The van der Waals surface area contributed by atoms with Gasteiger partial charge in [0.25, 0.3) is 6.26 Å². The van der Waals surface area contributed by atoms with Gasteiger partial charge in [0.1, 0.15) is 18.5 Å². The highest BCUT2D eigenvalue weighted by Gasteiger charge is 2.05. The number of nitriles is 1. The molecule has 0 aliphatic rings. The molecule has 0 amide bonds. The fourth-order valence-corrected chi connectivity index (χ4v) is 3.29. The molecule has 1 aromatic heterocycles. The molecule has 1 heterocycles. The molecule has 28 heavy (non-hydrogen) atoms. The van der Waals surface area contributed by atoms with E-state index in [1.54, 1.807) is 36.0 Å². The monoisotopic (exact) mass is 390 g/mol. The summed E-state index contributed by atoms with van der Waals surface area (Å²) < 4.78 is 6.31. The number of ether oxygens (including phenoxy) is 1. The van der Waals surface area contributed by atoms with Gasteiger partial charge in [-0.05, 0) is 62.4 Å². The molecule has 0 saturated heterocycles. The number of benzene rings is 2. The molecule has 0 aliphatic carbocycles. The van der Waals surface area contributed by atoms with Crippen LogP contribution in [0.1, 0.15) is 12.5 Å². The van der Waals surface area contributed by atoms with E-state index in [2.05, 4.69) is 43.8 Å². The van der Waals surface area contributed by atoms with Crippen LogP contribution in [0.5, 0.6) is 0 Å². The highest BCUT2D eigenvalue weighted by Crippen LogP contribution is 2.31. The van der Waals surface area contributed by atoms with Crippen molar-refractivity contribution in [2.75, 3.05) is 5.32 Å². The van der Waals surface area contributed by atoms with E-state index in [4.69, 9.17) is 5.26 Å². The Bertz CT molecular complexity index is 1040. The third kappa shape index (κ3) is 4.99. The number of amidine groups is 1. The molecule has 0 radical (unpaired) electrons. The average Bonchev–Trinajstić information content (AvgIpc) is 3.20. The summed E-state index contributed by atoms with van der Waals surface area (Å²) >= 11 is 1.66. The number of anilines is 1. The summed E-state index contributed by atoms with van der Waals surface area (Å²) in [7, 11) is 0. The summed E-state index contributed by atoms with van der Waals surface area (Å²) in [6, 6.07) is 14.3. The minimum absolute atomic E-state index is 0.0446. The average molecular weight is 390 g/mol. The fourth-order valence-electron chi connectivity index (χ4n) is 2.43. The first-order valence-corrected chi connectivity index (χ1v) is 9.17. The van der Waals surface area contributed by atoms with Crippen molar-refractivity contribution in [1.29, 1.82) is 5.26 Å².